The van der Waals surface area contributed by atoms with E-state index in [-0.39, 0.29) is 28.7 Å². The van der Waals surface area contributed by atoms with Gasteiger partial charge in [-0.15, -0.1) is 4.40 Å². The van der Waals surface area contributed by atoms with Crippen LogP contribution in [0.4, 0.5) is 5.69 Å². The summed E-state index contributed by atoms with van der Waals surface area (Å²) in [4.78, 5) is 14.1. The molecule has 0 spiro atoms. The lowest BCUT2D eigenvalue weighted by Gasteiger charge is -2.28. The predicted molar refractivity (Wildman–Crippen MR) is 90.2 cm³/mol. The van der Waals surface area contributed by atoms with E-state index in [1.807, 2.05) is 0 Å². The molecule has 9 heteroatoms. The molecular weight excluding hydrogens is 361 g/mol. The lowest BCUT2D eigenvalue weighted by molar-refractivity contribution is -0.112. The molecule has 0 fully saturated rings. The van der Waals surface area contributed by atoms with Crippen molar-refractivity contribution in [1.82, 2.24) is 4.90 Å². The number of halogens is 2. The molecule has 2 aliphatic heterocycles. The molecule has 120 valence electrons. The number of hydrogen-bond acceptors (Lipinski definition) is 4. The number of amides is 1. The van der Waals surface area contributed by atoms with Crippen LogP contribution in [0.3, 0.4) is 0 Å². The zero-order valence-corrected chi connectivity index (χ0v) is 14.0. The molecule has 0 radical (unpaired) electrons. The van der Waals surface area contributed by atoms with E-state index >= 15 is 0 Å². The Labute approximate surface area is 143 Å². The van der Waals surface area contributed by atoms with E-state index in [1.165, 1.54) is 12.1 Å². The van der Waals surface area contributed by atoms with Crippen LogP contribution in [0.5, 0.6) is 0 Å². The molecule has 6 nitrogen and oxygen atoms in total. The van der Waals surface area contributed by atoms with Gasteiger partial charge in [-0.05, 0) is 30.4 Å². The Morgan fingerprint density at radius 3 is 2.83 bits per heavy atom. The van der Waals surface area contributed by atoms with Crippen LogP contribution < -0.4 is 5.32 Å². The maximum Gasteiger partial charge on any atom is 0.259 e. The van der Waals surface area contributed by atoms with Crippen molar-refractivity contribution in [1.29, 1.82) is 0 Å². The number of nitrogens with one attached hydrogen (secondary N) is 1. The summed E-state index contributed by atoms with van der Waals surface area (Å²) in [6, 6.07) is 4.66. The van der Waals surface area contributed by atoms with E-state index in [0.717, 1.165) is 0 Å². The zero-order valence-electron chi connectivity index (χ0n) is 11.7. The van der Waals surface area contributed by atoms with Gasteiger partial charge in [-0.1, -0.05) is 23.2 Å². The normalized spacial score (nSPS) is 18.8. The molecule has 0 aliphatic carbocycles. The second-order valence-corrected chi connectivity index (χ2v) is 7.49. The molecule has 0 saturated heterocycles. The minimum atomic E-state index is -3.56. The summed E-state index contributed by atoms with van der Waals surface area (Å²) in [5.41, 5.74) is 0.532. The monoisotopic (exact) mass is 371 g/mol. The smallest absolute Gasteiger partial charge is 0.259 e. The van der Waals surface area contributed by atoms with Crippen molar-refractivity contribution >= 4 is 50.7 Å². The van der Waals surface area contributed by atoms with E-state index in [4.69, 9.17) is 23.2 Å². The van der Waals surface area contributed by atoms with Gasteiger partial charge in [0.15, 0.2) is 5.84 Å². The summed E-state index contributed by atoms with van der Waals surface area (Å²) in [6.07, 6.45) is 4.85. The van der Waals surface area contributed by atoms with Crippen LogP contribution in [0.15, 0.2) is 46.5 Å². The third kappa shape index (κ3) is 3.41. The van der Waals surface area contributed by atoms with Crippen LogP contribution in [-0.2, 0) is 14.8 Å². The maximum absolute atomic E-state index is 12.5. The fourth-order valence-electron chi connectivity index (χ4n) is 2.17. The van der Waals surface area contributed by atoms with Crippen molar-refractivity contribution in [3.05, 3.63) is 52.2 Å². The second kappa shape index (κ2) is 5.99. The van der Waals surface area contributed by atoms with Gasteiger partial charge in [0.25, 0.3) is 15.9 Å². The van der Waals surface area contributed by atoms with Crippen LogP contribution in [0, 0.1) is 0 Å². The van der Waals surface area contributed by atoms with E-state index in [0.29, 0.717) is 10.7 Å². The fraction of sp³-hybridized carbons (Fsp3) is 0.143. The summed E-state index contributed by atoms with van der Waals surface area (Å²) >= 11 is 11.8. The molecule has 23 heavy (non-hydrogen) atoms. The molecule has 1 N–H and O–H groups in total. The highest BCUT2D eigenvalue weighted by molar-refractivity contribution is 7.90. The zero-order chi connectivity index (χ0) is 16.6. The third-order valence-corrected chi connectivity index (χ3v) is 4.98. The topological polar surface area (TPSA) is 78.8 Å². The largest absolute Gasteiger partial charge is 0.331 e. The highest BCUT2D eigenvalue weighted by Crippen LogP contribution is 2.26. The summed E-state index contributed by atoms with van der Waals surface area (Å²) in [7, 11) is -3.56. The number of rotatable bonds is 2. The Morgan fingerprint density at radius 1 is 1.30 bits per heavy atom. The van der Waals surface area contributed by atoms with Gasteiger partial charge >= 0.3 is 0 Å². The molecular formula is C14H11Cl2N3O3S. The first-order valence-corrected chi connectivity index (χ1v) is 8.97. The third-order valence-electron chi connectivity index (χ3n) is 3.28. The SMILES string of the molecule is O=C(Nc1ccc(Cl)cc1Cl)C1=CC=CN2CCS(=O)(=O)N=C12. The van der Waals surface area contributed by atoms with Crippen LogP contribution in [0.25, 0.3) is 0 Å². The quantitative estimate of drug-likeness (QED) is 0.865. The molecule has 0 bridgehead atoms. The molecule has 2 heterocycles. The van der Waals surface area contributed by atoms with Crippen molar-refractivity contribution in [3.8, 4) is 0 Å². The maximum atomic E-state index is 12.5. The van der Waals surface area contributed by atoms with E-state index in [2.05, 4.69) is 9.71 Å². The van der Waals surface area contributed by atoms with Crippen molar-refractivity contribution < 1.29 is 13.2 Å². The van der Waals surface area contributed by atoms with E-state index in [1.54, 1.807) is 29.3 Å². The molecule has 1 amide bonds. The summed E-state index contributed by atoms with van der Waals surface area (Å²) in [5, 5.41) is 3.36. The highest BCUT2D eigenvalue weighted by Gasteiger charge is 2.30. The Balaban J connectivity index is 1.91. The molecule has 1 aromatic rings. The van der Waals surface area contributed by atoms with Gasteiger partial charge < -0.3 is 10.2 Å². The van der Waals surface area contributed by atoms with Crippen molar-refractivity contribution in [2.24, 2.45) is 4.40 Å². The summed E-state index contributed by atoms with van der Waals surface area (Å²) in [6.45, 7) is 0.254. The number of benzene rings is 1. The number of fused-ring (bicyclic) bond motifs is 1. The molecule has 0 unspecified atom stereocenters. The number of carbonyl (C=O) groups excluding carboxylic acids is 1. The van der Waals surface area contributed by atoms with Crippen molar-refractivity contribution in [2.45, 2.75) is 0 Å². The van der Waals surface area contributed by atoms with Gasteiger partial charge in [0.1, 0.15) is 0 Å². The first-order valence-electron chi connectivity index (χ1n) is 6.60. The number of nitrogens with zero attached hydrogens (tertiary/aromatic N) is 2. The van der Waals surface area contributed by atoms with Crippen LogP contribution in [-0.4, -0.2) is 37.4 Å². The minimum Gasteiger partial charge on any atom is -0.331 e. The number of hydrogen-bond donors (Lipinski definition) is 1. The van der Waals surface area contributed by atoms with Gasteiger partial charge in [-0.25, -0.2) is 8.42 Å². The van der Waals surface area contributed by atoms with Crippen LogP contribution in [0.2, 0.25) is 10.0 Å². The fourth-order valence-corrected chi connectivity index (χ4v) is 3.62. The van der Waals surface area contributed by atoms with Crippen molar-refractivity contribution in [3.63, 3.8) is 0 Å². The number of carbonyl (C=O) groups is 1. The van der Waals surface area contributed by atoms with Gasteiger partial charge in [0.05, 0.1) is 22.0 Å². The van der Waals surface area contributed by atoms with Gasteiger partial charge in [-0.3, -0.25) is 4.79 Å². The Bertz CT molecular complexity index is 875. The van der Waals surface area contributed by atoms with Crippen LogP contribution in [0.1, 0.15) is 0 Å². The van der Waals surface area contributed by atoms with E-state index < -0.39 is 15.9 Å². The Kier molecular flexibility index (Phi) is 4.18. The first kappa shape index (κ1) is 16.0. The second-order valence-electron chi connectivity index (χ2n) is 4.89. The van der Waals surface area contributed by atoms with Gasteiger partial charge in [0, 0.05) is 17.8 Å². The predicted octanol–water partition coefficient (Wildman–Crippen LogP) is 2.43. The number of anilines is 1. The molecule has 2 aliphatic rings. The van der Waals surface area contributed by atoms with Gasteiger partial charge in [-0.2, -0.15) is 0 Å². The number of sulfonamides is 1. The number of allylic oxidation sites excluding steroid dienone is 2. The van der Waals surface area contributed by atoms with Crippen LogP contribution >= 0.6 is 23.2 Å². The summed E-state index contributed by atoms with van der Waals surface area (Å²) in [5.74, 6) is -0.473. The average Bonchev–Trinajstić information content (AvgIpc) is 2.48. The molecule has 1 aromatic carbocycles. The summed E-state index contributed by atoms with van der Waals surface area (Å²) < 4.78 is 27.1. The lowest BCUT2D eigenvalue weighted by Crippen LogP contribution is -2.40. The highest BCUT2D eigenvalue weighted by atomic mass is 35.5. The molecule has 0 atom stereocenters. The lowest BCUT2D eigenvalue weighted by atomic mass is 10.1. The van der Waals surface area contributed by atoms with Gasteiger partial charge in [0.2, 0.25) is 0 Å². The standard InChI is InChI=1S/C14H11Cl2N3O3S/c15-9-3-4-12(11(16)8-9)17-14(20)10-2-1-5-19-6-7-23(21,22)18-13(10)19/h1-5,8H,6-7H2,(H,17,20). The Morgan fingerprint density at radius 2 is 2.09 bits per heavy atom. The number of amidine groups is 1. The average molecular weight is 372 g/mol. The van der Waals surface area contributed by atoms with Crippen molar-refractivity contribution in [2.75, 3.05) is 17.6 Å². The molecule has 0 aromatic heterocycles. The minimum absolute atomic E-state index is 0.0846. The van der Waals surface area contributed by atoms with E-state index in [9.17, 15) is 13.2 Å². The molecule has 3 rings (SSSR count). The Hall–Kier alpha value is -1.83. The molecule has 0 saturated carbocycles. The first-order chi connectivity index (χ1) is 10.9.